The molecule has 0 bridgehead atoms. The average molecular weight is 1060 g/mol. The van der Waals surface area contributed by atoms with Crippen molar-refractivity contribution in [3.63, 3.8) is 0 Å². The molecule has 2 aromatic carbocycles. The van der Waals surface area contributed by atoms with Crippen molar-refractivity contribution < 1.29 is 61.2 Å². The van der Waals surface area contributed by atoms with Crippen molar-refractivity contribution >= 4 is 52.4 Å². The van der Waals surface area contributed by atoms with E-state index in [0.29, 0.717) is 50.6 Å². The van der Waals surface area contributed by atoms with Crippen LogP contribution >= 0.6 is 0 Å². The highest BCUT2D eigenvalue weighted by Gasteiger charge is 2.37. The first-order valence-corrected chi connectivity index (χ1v) is 26.1. The van der Waals surface area contributed by atoms with Crippen molar-refractivity contribution in [2.75, 3.05) is 83.9 Å². The zero-order valence-corrected chi connectivity index (χ0v) is 46.0. The van der Waals surface area contributed by atoms with Crippen LogP contribution in [0.25, 0.3) is 0 Å². The van der Waals surface area contributed by atoms with Crippen LogP contribution in [0.3, 0.4) is 0 Å². The molecule has 2 aromatic rings. The number of benzene rings is 2. The second-order valence-electron chi connectivity index (χ2n) is 19.9. The van der Waals surface area contributed by atoms with E-state index in [9.17, 15) is 32.7 Å². The Morgan fingerprint density at radius 3 is 1.96 bits per heavy atom. The maximum absolute atomic E-state index is 14.2. The van der Waals surface area contributed by atoms with Gasteiger partial charge in [-0.25, -0.2) is 8.51 Å². The van der Waals surface area contributed by atoms with Gasteiger partial charge in [0.1, 0.15) is 42.1 Å². The fraction of sp³-hybridized carbons (Fsp3) is 0.647. The van der Waals surface area contributed by atoms with Gasteiger partial charge >= 0.3 is 0 Å². The van der Waals surface area contributed by atoms with Gasteiger partial charge in [0.05, 0.1) is 64.1 Å². The number of ether oxygens (including phenoxy) is 6. The summed E-state index contributed by atoms with van der Waals surface area (Å²) in [6.45, 7) is 20.1. The Labute approximate surface area is 439 Å². The van der Waals surface area contributed by atoms with Gasteiger partial charge in [0.25, 0.3) is 11.3 Å². The number of aliphatic imine (C=N–C) groups is 1. The Morgan fingerprint density at radius 1 is 0.811 bits per heavy atom. The lowest BCUT2D eigenvalue weighted by atomic mass is 9.92. The van der Waals surface area contributed by atoms with Crippen LogP contribution in [0.5, 0.6) is 5.75 Å². The van der Waals surface area contributed by atoms with E-state index in [1.807, 2.05) is 65.0 Å². The lowest BCUT2D eigenvalue weighted by molar-refractivity contribution is -0.137. The predicted molar refractivity (Wildman–Crippen MR) is 283 cm³/mol. The molecule has 3 rings (SSSR count). The number of guanidine groups is 1. The third kappa shape index (κ3) is 20.8. The van der Waals surface area contributed by atoms with Crippen LogP contribution < -0.4 is 47.1 Å². The second-order valence-corrected chi connectivity index (χ2v) is 20.7. The third-order valence-corrected chi connectivity index (χ3v) is 12.5. The molecule has 0 saturated carbocycles. The van der Waals surface area contributed by atoms with Gasteiger partial charge in [-0.2, -0.15) is 0 Å². The van der Waals surface area contributed by atoms with E-state index >= 15 is 0 Å². The zero-order chi connectivity index (χ0) is 55.2. The van der Waals surface area contributed by atoms with Crippen LogP contribution in [0.15, 0.2) is 35.3 Å². The van der Waals surface area contributed by atoms with Gasteiger partial charge in [0.2, 0.25) is 35.5 Å². The van der Waals surface area contributed by atoms with Crippen LogP contribution in [0, 0.1) is 26.7 Å². The zero-order valence-electron chi connectivity index (χ0n) is 45.2. The van der Waals surface area contributed by atoms with Gasteiger partial charge in [0.15, 0.2) is 0 Å². The highest BCUT2D eigenvalue weighted by Crippen LogP contribution is 2.45. The molecule has 1 aliphatic heterocycles. The molecule has 0 aliphatic carbocycles. The molecule has 1 heterocycles. The number of nitrogens with two attached hydrogens (primary N) is 2. The normalized spacial score (nSPS) is 15.2. The van der Waals surface area contributed by atoms with Gasteiger partial charge in [-0.3, -0.25) is 33.5 Å². The van der Waals surface area contributed by atoms with E-state index in [-0.39, 0.29) is 58.2 Å². The van der Waals surface area contributed by atoms with Gasteiger partial charge in [-0.1, -0.05) is 44.2 Å². The molecule has 1 aliphatic rings. The smallest absolute Gasteiger partial charge is 0.269 e. The molecule has 74 heavy (non-hydrogen) atoms. The van der Waals surface area contributed by atoms with Gasteiger partial charge < -0.3 is 66.5 Å². The summed E-state index contributed by atoms with van der Waals surface area (Å²) in [6.07, 6.45) is 0.881. The summed E-state index contributed by atoms with van der Waals surface area (Å²) in [5.74, 6) is -3.25. The molecule has 0 aromatic heterocycles. The molecule has 22 nitrogen and oxygen atoms in total. The minimum atomic E-state index is -2.62. The Bertz CT molecular complexity index is 2210. The number of carbonyl (C=O) groups is 5. The van der Waals surface area contributed by atoms with Crippen LogP contribution in [0.4, 0.5) is 5.69 Å². The highest BCUT2D eigenvalue weighted by molar-refractivity contribution is 7.81. The molecule has 0 saturated heterocycles. The van der Waals surface area contributed by atoms with E-state index in [1.54, 1.807) is 34.6 Å². The van der Waals surface area contributed by atoms with E-state index in [4.69, 9.17) is 39.9 Å². The summed E-state index contributed by atoms with van der Waals surface area (Å²) in [6, 6.07) is 4.39. The molecule has 23 heteroatoms. The number of nitrogens with zero attached hydrogens (tertiary/aromatic N) is 2. The summed E-state index contributed by atoms with van der Waals surface area (Å²) >= 11 is -2.62. The maximum atomic E-state index is 14.2. The minimum Gasteiger partial charge on any atom is -0.487 e. The number of likely N-dealkylation sites (N-methyl/N-ethyl adjacent to an activating group) is 1. The molecular weight excluding hydrogens is 979 g/mol. The summed E-state index contributed by atoms with van der Waals surface area (Å²) < 4.78 is 58.5. The number of fused-ring (bicyclic) bond motifs is 1. The minimum absolute atomic E-state index is 0.0153. The maximum Gasteiger partial charge on any atom is 0.269 e. The Hall–Kier alpha value is -5.27. The lowest BCUT2D eigenvalue weighted by Gasteiger charge is -2.29. The first-order chi connectivity index (χ1) is 34.9. The second kappa shape index (κ2) is 30.9. The summed E-state index contributed by atoms with van der Waals surface area (Å²) in [5, 5.41) is 13.5. The molecule has 10 N–H and O–H groups in total. The Kier molecular flexibility index (Phi) is 26.4. The largest absolute Gasteiger partial charge is 0.487 e. The van der Waals surface area contributed by atoms with E-state index in [1.165, 1.54) is 7.05 Å². The van der Waals surface area contributed by atoms with E-state index in [2.05, 4.69) is 31.6 Å². The van der Waals surface area contributed by atoms with E-state index < -0.39 is 88.7 Å². The molecule has 0 spiro atoms. The number of amides is 5. The Morgan fingerprint density at radius 2 is 1.39 bits per heavy atom. The summed E-state index contributed by atoms with van der Waals surface area (Å²) in [7, 11) is 1.46. The first-order valence-electron chi connectivity index (χ1n) is 25.0. The highest BCUT2D eigenvalue weighted by atomic mass is 32.2. The number of hydrogen-bond acceptors (Lipinski definition) is 14. The summed E-state index contributed by atoms with van der Waals surface area (Å²) in [5.41, 5.74) is 15.0. The standard InChI is InChI=1S/C51H83N9O13S/c1-32(2)42(48(65)58-40(30-72-50(6,7)8)47(64)57-39(45(62)54-11)28-36-16-13-12-14-17-36)59-46(63)38(56-41(61)31-71-27-26-70-25-24-69-23-22-68-21-19-52)18-15-20-55-49(53)60(74(66)67)43-33(3)34(4)44-37(35(43)5)29-51(9,10)73-44/h12-14,16-17,32,38-40,42H,15,18-31,52H2,1-11H3,(H2,53,55)(H,54,62)(H,56,61)(H,57,64)(H,58,65)(H,59,63)(H,66,67)/t38-,39-,40-,42-/m0/s1. The number of nitrogens with one attached hydrogen (secondary N) is 5. The van der Waals surface area contributed by atoms with Crippen molar-refractivity contribution in [1.29, 1.82) is 0 Å². The van der Waals surface area contributed by atoms with Crippen LogP contribution in [-0.2, 0) is 71.8 Å². The molecule has 416 valence electrons. The average Bonchev–Trinajstić information content (AvgIpc) is 3.68. The first kappa shape index (κ1) is 63.0. The molecule has 5 amide bonds. The summed E-state index contributed by atoms with van der Waals surface area (Å²) in [4.78, 5) is 73.1. The Balaban J connectivity index is 1.81. The van der Waals surface area contributed by atoms with Crippen molar-refractivity contribution in [1.82, 2.24) is 26.6 Å². The monoisotopic (exact) mass is 1060 g/mol. The van der Waals surface area contributed by atoms with Crippen molar-refractivity contribution in [3.8, 4) is 5.75 Å². The number of anilines is 1. The van der Waals surface area contributed by atoms with Crippen molar-refractivity contribution in [2.24, 2.45) is 22.4 Å². The molecule has 0 fully saturated rings. The van der Waals surface area contributed by atoms with Crippen molar-refractivity contribution in [3.05, 3.63) is 58.1 Å². The number of hydrogen-bond donors (Lipinski definition) is 8. The number of rotatable bonds is 32. The fourth-order valence-corrected chi connectivity index (χ4v) is 8.52. The molecule has 1 unspecified atom stereocenters. The fourth-order valence-electron chi connectivity index (χ4n) is 7.87. The van der Waals surface area contributed by atoms with Gasteiger partial charge in [-0.15, -0.1) is 0 Å². The van der Waals surface area contributed by atoms with Crippen LogP contribution in [0.1, 0.15) is 89.1 Å². The van der Waals surface area contributed by atoms with Crippen LogP contribution in [0.2, 0.25) is 0 Å². The van der Waals surface area contributed by atoms with Gasteiger partial charge in [-0.05, 0) is 96.4 Å². The molecular formula is C51H83N9O13S. The SMILES string of the molecule is CNC(=O)[C@H](Cc1ccccc1)NC(=O)[C@H](COC(C)(C)C)NC(=O)[C@@H](NC(=O)[C@H](CCCN=C(N)N(c1c(C)c(C)c2c(c1C)CC(C)(C)O2)S(=O)O)NC(=O)COCCOCCOCCOCCN)C(C)C. The third-order valence-electron chi connectivity index (χ3n) is 11.8. The lowest BCUT2D eigenvalue weighted by Crippen LogP contribution is -2.60. The van der Waals surface area contributed by atoms with Crippen molar-refractivity contribution in [2.45, 2.75) is 130 Å². The predicted octanol–water partition coefficient (Wildman–Crippen LogP) is 1.79. The van der Waals surface area contributed by atoms with E-state index in [0.717, 1.165) is 32.3 Å². The molecule has 0 radical (unpaired) electrons. The quantitative estimate of drug-likeness (QED) is 0.0224. The van der Waals surface area contributed by atoms with Gasteiger partial charge in [0, 0.05) is 38.5 Å². The topological polar surface area (TPSA) is 306 Å². The van der Waals surface area contributed by atoms with Crippen LogP contribution in [-0.4, -0.2) is 159 Å². The number of carbonyl (C=O) groups excluding carboxylic acids is 5. The molecule has 5 atom stereocenters.